The molecule has 1 aromatic rings. The number of aromatic nitrogens is 2. The van der Waals surface area contributed by atoms with E-state index in [0.29, 0.717) is 23.9 Å². The SMILES string of the molecule is CN(c1nccn(C2CC2)c1=O)C1CCC(N)CC1. The van der Waals surface area contributed by atoms with Gasteiger partial charge in [0.05, 0.1) is 0 Å². The maximum Gasteiger partial charge on any atom is 0.293 e. The number of hydrogen-bond donors (Lipinski definition) is 1. The van der Waals surface area contributed by atoms with Crippen LogP contribution in [0.2, 0.25) is 0 Å². The Bertz CT molecular complexity index is 500. The van der Waals surface area contributed by atoms with Gasteiger partial charge in [0.2, 0.25) is 0 Å². The molecule has 0 radical (unpaired) electrons. The van der Waals surface area contributed by atoms with Crippen molar-refractivity contribution in [2.45, 2.75) is 56.7 Å². The third kappa shape index (κ3) is 2.52. The second kappa shape index (κ2) is 4.96. The first-order valence-corrected chi connectivity index (χ1v) is 7.22. The van der Waals surface area contributed by atoms with Crippen LogP contribution in [0.5, 0.6) is 0 Å². The van der Waals surface area contributed by atoms with Crippen molar-refractivity contribution in [3.05, 3.63) is 22.7 Å². The van der Waals surface area contributed by atoms with E-state index in [9.17, 15) is 4.79 Å². The molecule has 2 saturated carbocycles. The molecule has 1 heterocycles. The summed E-state index contributed by atoms with van der Waals surface area (Å²) in [6.07, 6.45) is 9.98. The molecule has 0 spiro atoms. The fourth-order valence-corrected chi connectivity index (χ4v) is 2.96. The Morgan fingerprint density at radius 3 is 2.58 bits per heavy atom. The summed E-state index contributed by atoms with van der Waals surface area (Å²) >= 11 is 0. The van der Waals surface area contributed by atoms with E-state index in [-0.39, 0.29) is 5.56 Å². The van der Waals surface area contributed by atoms with Gasteiger partial charge in [0.1, 0.15) is 0 Å². The molecule has 19 heavy (non-hydrogen) atoms. The summed E-state index contributed by atoms with van der Waals surface area (Å²) in [4.78, 5) is 18.8. The zero-order valence-electron chi connectivity index (χ0n) is 11.5. The second-order valence-corrected chi connectivity index (χ2v) is 5.87. The van der Waals surface area contributed by atoms with E-state index in [1.54, 1.807) is 6.20 Å². The molecule has 2 fully saturated rings. The van der Waals surface area contributed by atoms with Crippen LogP contribution in [0.4, 0.5) is 5.82 Å². The maximum absolute atomic E-state index is 12.4. The molecule has 0 bridgehead atoms. The highest BCUT2D eigenvalue weighted by Crippen LogP contribution is 2.33. The van der Waals surface area contributed by atoms with Gasteiger partial charge in [-0.25, -0.2) is 4.98 Å². The number of nitrogens with zero attached hydrogens (tertiary/aromatic N) is 3. The monoisotopic (exact) mass is 262 g/mol. The van der Waals surface area contributed by atoms with E-state index in [0.717, 1.165) is 38.5 Å². The fraction of sp³-hybridized carbons (Fsp3) is 0.714. The molecular weight excluding hydrogens is 240 g/mol. The van der Waals surface area contributed by atoms with Gasteiger partial charge in [-0.1, -0.05) is 0 Å². The summed E-state index contributed by atoms with van der Waals surface area (Å²) in [5.41, 5.74) is 6.00. The van der Waals surface area contributed by atoms with Gasteiger partial charge < -0.3 is 15.2 Å². The first-order chi connectivity index (χ1) is 9.16. The van der Waals surface area contributed by atoms with Crippen molar-refractivity contribution >= 4 is 5.82 Å². The summed E-state index contributed by atoms with van der Waals surface area (Å²) in [6, 6.07) is 1.13. The number of nitrogens with two attached hydrogens (primary N) is 1. The maximum atomic E-state index is 12.4. The lowest BCUT2D eigenvalue weighted by Crippen LogP contribution is -2.42. The van der Waals surface area contributed by atoms with Crippen LogP contribution in [0.15, 0.2) is 17.2 Å². The van der Waals surface area contributed by atoms with Crippen molar-refractivity contribution in [3.63, 3.8) is 0 Å². The summed E-state index contributed by atoms with van der Waals surface area (Å²) < 4.78 is 1.84. The number of anilines is 1. The Labute approximate surface area is 113 Å². The molecule has 0 amide bonds. The Balaban J connectivity index is 1.81. The minimum Gasteiger partial charge on any atom is -0.352 e. The molecule has 0 saturated heterocycles. The van der Waals surface area contributed by atoms with Crippen molar-refractivity contribution in [3.8, 4) is 0 Å². The quantitative estimate of drug-likeness (QED) is 0.891. The summed E-state index contributed by atoms with van der Waals surface area (Å²) in [5.74, 6) is 0.592. The predicted octanol–water partition coefficient (Wildman–Crippen LogP) is 1.28. The summed E-state index contributed by atoms with van der Waals surface area (Å²) in [5, 5.41) is 0. The molecule has 0 aromatic carbocycles. The van der Waals surface area contributed by atoms with Gasteiger partial charge in [-0.3, -0.25) is 4.79 Å². The summed E-state index contributed by atoms with van der Waals surface area (Å²) in [6.45, 7) is 0. The minimum absolute atomic E-state index is 0.0578. The molecule has 104 valence electrons. The van der Waals surface area contributed by atoms with Crippen LogP contribution in [0.25, 0.3) is 0 Å². The first kappa shape index (κ1) is 12.7. The zero-order valence-corrected chi connectivity index (χ0v) is 11.5. The predicted molar refractivity (Wildman–Crippen MR) is 75.4 cm³/mol. The van der Waals surface area contributed by atoms with Gasteiger partial charge in [-0.15, -0.1) is 0 Å². The van der Waals surface area contributed by atoms with E-state index < -0.39 is 0 Å². The van der Waals surface area contributed by atoms with E-state index in [4.69, 9.17) is 5.73 Å². The van der Waals surface area contributed by atoms with Crippen LogP contribution in [-0.4, -0.2) is 28.7 Å². The number of rotatable bonds is 3. The molecule has 5 heteroatoms. The average molecular weight is 262 g/mol. The van der Waals surface area contributed by atoms with Gasteiger partial charge in [0.25, 0.3) is 5.56 Å². The van der Waals surface area contributed by atoms with Gasteiger partial charge >= 0.3 is 0 Å². The molecule has 2 aliphatic rings. The van der Waals surface area contributed by atoms with Crippen LogP contribution in [-0.2, 0) is 0 Å². The Hall–Kier alpha value is -1.36. The Morgan fingerprint density at radius 1 is 1.26 bits per heavy atom. The van der Waals surface area contributed by atoms with Crippen molar-refractivity contribution in [2.24, 2.45) is 5.73 Å². The van der Waals surface area contributed by atoms with Crippen molar-refractivity contribution in [1.82, 2.24) is 9.55 Å². The largest absolute Gasteiger partial charge is 0.352 e. The standard InChI is InChI=1S/C14H22N4O/c1-17(11-4-2-10(15)3-5-11)13-14(19)18(9-8-16-13)12-6-7-12/h8-12H,2-7,15H2,1H3. The summed E-state index contributed by atoms with van der Waals surface area (Å²) in [7, 11) is 1.99. The molecule has 5 nitrogen and oxygen atoms in total. The second-order valence-electron chi connectivity index (χ2n) is 5.87. The molecule has 3 rings (SSSR count). The van der Waals surface area contributed by atoms with E-state index in [1.807, 2.05) is 17.8 Å². The molecule has 2 aliphatic carbocycles. The van der Waals surface area contributed by atoms with Gasteiger partial charge in [-0.05, 0) is 38.5 Å². The van der Waals surface area contributed by atoms with E-state index in [1.165, 1.54) is 0 Å². The normalized spacial score (nSPS) is 27.3. The lowest BCUT2D eigenvalue weighted by Gasteiger charge is -2.33. The van der Waals surface area contributed by atoms with E-state index >= 15 is 0 Å². The van der Waals surface area contributed by atoms with Crippen molar-refractivity contribution in [1.29, 1.82) is 0 Å². The van der Waals surface area contributed by atoms with Crippen LogP contribution >= 0.6 is 0 Å². The highest BCUT2D eigenvalue weighted by molar-refractivity contribution is 5.36. The average Bonchev–Trinajstić information content (AvgIpc) is 3.23. The number of hydrogen-bond acceptors (Lipinski definition) is 4. The minimum atomic E-state index is 0.0578. The molecule has 0 aliphatic heterocycles. The zero-order chi connectivity index (χ0) is 13.4. The van der Waals surface area contributed by atoms with Gasteiger partial charge in [-0.2, -0.15) is 0 Å². The van der Waals surface area contributed by atoms with Crippen LogP contribution in [0.3, 0.4) is 0 Å². The molecule has 2 N–H and O–H groups in total. The molecule has 0 atom stereocenters. The van der Waals surface area contributed by atoms with Crippen LogP contribution < -0.4 is 16.2 Å². The Kier molecular flexibility index (Phi) is 3.31. The fourth-order valence-electron chi connectivity index (χ4n) is 2.96. The Morgan fingerprint density at radius 2 is 1.95 bits per heavy atom. The van der Waals surface area contributed by atoms with Gasteiger partial charge in [0, 0.05) is 37.6 Å². The molecule has 0 unspecified atom stereocenters. The molecule has 1 aromatic heterocycles. The van der Waals surface area contributed by atoms with Gasteiger partial charge in [0.15, 0.2) is 5.82 Å². The lowest BCUT2D eigenvalue weighted by molar-refractivity contribution is 0.383. The van der Waals surface area contributed by atoms with Crippen molar-refractivity contribution < 1.29 is 0 Å². The first-order valence-electron chi connectivity index (χ1n) is 7.22. The molecular formula is C14H22N4O. The topological polar surface area (TPSA) is 64.2 Å². The highest BCUT2D eigenvalue weighted by Gasteiger charge is 2.28. The highest BCUT2D eigenvalue weighted by atomic mass is 16.1. The van der Waals surface area contributed by atoms with Crippen LogP contribution in [0.1, 0.15) is 44.6 Å². The smallest absolute Gasteiger partial charge is 0.293 e. The van der Waals surface area contributed by atoms with Crippen molar-refractivity contribution in [2.75, 3.05) is 11.9 Å². The third-order valence-corrected chi connectivity index (χ3v) is 4.41. The van der Waals surface area contributed by atoms with Crippen LogP contribution in [0, 0.1) is 0 Å². The lowest BCUT2D eigenvalue weighted by atomic mass is 9.91. The third-order valence-electron chi connectivity index (χ3n) is 4.41. The van der Waals surface area contributed by atoms with E-state index in [2.05, 4.69) is 9.88 Å².